The Morgan fingerprint density at radius 3 is 2.55 bits per heavy atom. The first-order valence-corrected chi connectivity index (χ1v) is 15.8. The summed E-state index contributed by atoms with van der Waals surface area (Å²) in [5.41, 5.74) is 0. The number of hydrogen-bond acceptors (Lipinski definition) is 5. The summed E-state index contributed by atoms with van der Waals surface area (Å²) in [6, 6.07) is 0.834. The monoisotopic (exact) mass is 604 g/mol. The first-order valence-electron chi connectivity index (χ1n) is 8.37. The van der Waals surface area contributed by atoms with Gasteiger partial charge in [0.05, 0.1) is 0 Å². The predicted molar refractivity (Wildman–Crippen MR) is 88.6 cm³/mol. The van der Waals surface area contributed by atoms with Crippen LogP contribution in [0.4, 0.5) is 14.9 Å². The van der Waals surface area contributed by atoms with Crippen molar-refractivity contribution in [2.24, 2.45) is 0 Å². The maximum atomic E-state index is 11.3. The fraction of sp³-hybridized carbons (Fsp3) is 0.714. The van der Waals surface area contributed by atoms with Gasteiger partial charge in [0.25, 0.3) is 0 Å². The summed E-state index contributed by atoms with van der Waals surface area (Å²) in [7, 11) is 0. The van der Waals surface area contributed by atoms with Gasteiger partial charge in [-0.3, -0.25) is 0 Å². The van der Waals surface area contributed by atoms with Gasteiger partial charge in [-0.15, -0.1) is 0 Å². The molecule has 1 amide bonds. The standard InChI is InChI=1S/C14H20N4OS.Ra.Rb.H/c19-11-16-14-15-10-13(20-14)18-8-6-17(7-9-18)12-4-2-1-3-5-12;;;/h12H,1-9H2,(H,15,16,19);;;. The van der Waals surface area contributed by atoms with Crippen molar-refractivity contribution in [1.29, 1.82) is 0 Å². The van der Waals surface area contributed by atoms with E-state index in [1.54, 1.807) is 11.3 Å². The Bertz CT molecular complexity index is 527. The zero-order chi connectivity index (χ0) is 15.5. The van der Waals surface area contributed by atoms with E-state index in [0.717, 1.165) is 24.3 Å². The van der Waals surface area contributed by atoms with E-state index in [1.807, 2.05) is 0 Å². The molecule has 2 aliphatic rings. The number of amides is 1. The number of thiazole rings is 1. The van der Waals surface area contributed by atoms with Crippen molar-refractivity contribution in [3.05, 3.63) is 0 Å². The van der Waals surface area contributed by atoms with Gasteiger partial charge >= 0.3 is 209 Å². The molecular formula is C14H21N4ORaRbS. The zero-order valence-electron chi connectivity index (χ0n) is 13.6. The Kier molecular flexibility index (Phi) is 7.89. The summed E-state index contributed by atoms with van der Waals surface area (Å²) in [6.45, 7) is 4.60. The Morgan fingerprint density at radius 1 is 1.23 bits per heavy atom. The van der Waals surface area contributed by atoms with Crippen LogP contribution in [0.3, 0.4) is 0 Å². The molecule has 1 saturated heterocycles. The van der Waals surface area contributed by atoms with Crippen LogP contribution in [-0.4, -0.2) is 98.6 Å². The van der Waals surface area contributed by atoms with Gasteiger partial charge in [-0.05, 0) is 0 Å². The summed E-state index contributed by atoms with van der Waals surface area (Å²) in [6.07, 6.45) is 7.06. The molecule has 0 spiro atoms. The van der Waals surface area contributed by atoms with Crippen molar-refractivity contribution in [2.75, 3.05) is 36.4 Å². The van der Waals surface area contributed by atoms with Crippen molar-refractivity contribution >= 4 is 76.7 Å². The molecule has 1 N–H and O–H groups in total. The van der Waals surface area contributed by atoms with Crippen LogP contribution in [0.15, 0.2) is 0 Å². The SMILES string of the molecule is O=[C]([RaH])Nc1n[c]([Rb])c(N2CCN(C3CCCCC3)CC2)s1. The van der Waals surface area contributed by atoms with E-state index < -0.39 is 0 Å². The Hall–Kier alpha value is 2.13. The molecular weight excluding hydrogens is 584 g/mol. The van der Waals surface area contributed by atoms with E-state index in [9.17, 15) is 4.79 Å². The second-order valence-corrected chi connectivity index (χ2v) is 13.4. The number of carbonyl (C=O) groups excluding carboxylic acids is 1. The van der Waals surface area contributed by atoms with Gasteiger partial charge in [-0.1, -0.05) is 0 Å². The predicted octanol–water partition coefficient (Wildman–Crippen LogP) is 1.21. The summed E-state index contributed by atoms with van der Waals surface area (Å²) in [5, 5.41) is 5.09. The molecule has 0 atom stereocenters. The second-order valence-electron chi connectivity index (χ2n) is 6.41. The van der Waals surface area contributed by atoms with Crippen molar-refractivity contribution in [3.8, 4) is 0 Å². The van der Waals surface area contributed by atoms with Crippen LogP contribution in [0, 0.1) is 42.8 Å². The number of piperazine rings is 1. The van der Waals surface area contributed by atoms with Crippen LogP contribution in [0.1, 0.15) is 32.1 Å². The number of aromatic nitrogens is 1. The fourth-order valence-corrected chi connectivity index (χ4v) is 8.88. The number of hydrogen-bond donors (Lipinski definition) is 1. The molecule has 2 fully saturated rings. The molecule has 0 radical (unpaired) electrons. The third kappa shape index (κ3) is 5.07. The summed E-state index contributed by atoms with van der Waals surface area (Å²) < 4.78 is 1.46. The molecule has 8 heteroatoms. The van der Waals surface area contributed by atoms with E-state index in [0.29, 0.717) is 55.5 Å². The fourth-order valence-electron chi connectivity index (χ4n) is 3.62. The van der Waals surface area contributed by atoms with Crippen molar-refractivity contribution in [2.45, 2.75) is 38.1 Å². The molecule has 0 unspecified atom stereocenters. The normalized spacial score (nSPS) is 21.0. The number of rotatable bonds is 3. The molecule has 1 aromatic heterocycles. The van der Waals surface area contributed by atoms with E-state index in [-0.39, 0.29) is 43.7 Å². The van der Waals surface area contributed by atoms with Gasteiger partial charge < -0.3 is 0 Å². The molecule has 0 bridgehead atoms. The van der Waals surface area contributed by atoms with Gasteiger partial charge in [0.2, 0.25) is 0 Å². The second kappa shape index (κ2) is 9.18. The topological polar surface area (TPSA) is 48.5 Å². The van der Waals surface area contributed by atoms with Crippen molar-refractivity contribution in [1.82, 2.24) is 9.88 Å². The number of nitrogens with one attached hydrogen (secondary N) is 1. The van der Waals surface area contributed by atoms with Crippen LogP contribution >= 0.6 is 11.3 Å². The van der Waals surface area contributed by atoms with Crippen LogP contribution in [-0.2, 0) is 0 Å². The molecule has 0 aromatic carbocycles. The minimum absolute atomic E-state index is 0.124. The molecule has 1 aliphatic heterocycles. The van der Waals surface area contributed by atoms with E-state index >= 15 is 0 Å². The van der Waals surface area contributed by atoms with Crippen LogP contribution in [0.5, 0.6) is 0 Å². The molecule has 112 valence electrons. The first-order chi connectivity index (χ1) is 10.6. The molecule has 1 aliphatic carbocycles. The maximum absolute atomic E-state index is 11.3. The van der Waals surface area contributed by atoms with Crippen molar-refractivity contribution in [3.63, 3.8) is 0 Å². The van der Waals surface area contributed by atoms with Gasteiger partial charge in [0.1, 0.15) is 0 Å². The van der Waals surface area contributed by atoms with Gasteiger partial charge in [0, 0.05) is 0 Å². The van der Waals surface area contributed by atoms with Gasteiger partial charge in [-0.25, -0.2) is 0 Å². The summed E-state index contributed by atoms with van der Waals surface area (Å²) >= 11 is 1.94. The first kappa shape index (κ1) is 18.9. The number of nitrogens with zero attached hydrogens (tertiary/aromatic N) is 3. The molecule has 22 heavy (non-hydrogen) atoms. The zero-order valence-corrected chi connectivity index (χ0v) is 27.6. The molecule has 5 nitrogen and oxygen atoms in total. The van der Waals surface area contributed by atoms with Gasteiger partial charge in [0.15, 0.2) is 0 Å². The average molecular weight is 605 g/mol. The van der Waals surface area contributed by atoms with Crippen molar-refractivity contribution < 1.29 is 47.6 Å². The third-order valence-corrected chi connectivity index (χ3v) is 9.51. The number of carbonyl (C=O) groups is 1. The van der Waals surface area contributed by atoms with E-state index in [4.69, 9.17) is 0 Å². The molecule has 1 aromatic rings. The average Bonchev–Trinajstić information content (AvgIpc) is 2.88. The van der Waals surface area contributed by atoms with Crippen LogP contribution in [0.25, 0.3) is 0 Å². The third-order valence-electron chi connectivity index (χ3n) is 4.75. The van der Waals surface area contributed by atoms with Crippen LogP contribution in [0.2, 0.25) is 0 Å². The Morgan fingerprint density at radius 2 is 1.91 bits per heavy atom. The Balaban J connectivity index is 1.58. The van der Waals surface area contributed by atoms with Crippen LogP contribution < -0.4 is 8.98 Å². The van der Waals surface area contributed by atoms with E-state index in [1.165, 1.54) is 49.0 Å². The van der Waals surface area contributed by atoms with E-state index in [2.05, 4.69) is 20.1 Å². The minimum atomic E-state index is -0.124. The summed E-state index contributed by atoms with van der Waals surface area (Å²) in [5.74, 6) is 0. The molecule has 2 heterocycles. The summed E-state index contributed by atoms with van der Waals surface area (Å²) in [4.78, 5) is 21.1. The quantitative estimate of drug-likeness (QED) is 0.564. The number of anilines is 2. The van der Waals surface area contributed by atoms with Gasteiger partial charge in [-0.2, -0.15) is 0 Å². The molecule has 3 rings (SSSR count). The Labute approximate surface area is 204 Å². The molecule has 1 saturated carbocycles.